The van der Waals surface area contributed by atoms with Crippen molar-refractivity contribution in [3.8, 4) is 5.75 Å². The van der Waals surface area contributed by atoms with Crippen LogP contribution in [0.15, 0.2) is 54.6 Å². The minimum atomic E-state index is 0.515. The van der Waals surface area contributed by atoms with E-state index in [4.69, 9.17) is 4.74 Å². The molecule has 2 aromatic rings. The Hall–Kier alpha value is -2.29. The van der Waals surface area contributed by atoms with Crippen LogP contribution in [0.1, 0.15) is 11.1 Å². The molecule has 0 fully saturated rings. The van der Waals surface area contributed by atoms with Crippen LogP contribution in [0.4, 0.5) is 0 Å². The molecule has 0 radical (unpaired) electrons. The highest BCUT2D eigenvalue weighted by molar-refractivity contribution is 5.79. The van der Waals surface area contributed by atoms with Crippen molar-refractivity contribution in [3.63, 3.8) is 0 Å². The Kier molecular flexibility index (Phi) is 3.97. The highest BCUT2D eigenvalue weighted by Gasteiger charge is 2.04. The number of ether oxygens (including phenoxy) is 1. The van der Waals surface area contributed by atoms with E-state index >= 15 is 0 Å². The topological polar surface area (TPSA) is 32.5 Å². The second-order valence-corrected chi connectivity index (χ2v) is 4.01. The summed E-state index contributed by atoms with van der Waals surface area (Å²) in [6.45, 7) is 0.515. The van der Waals surface area contributed by atoms with Crippen LogP contribution in [0.2, 0.25) is 0 Å². The average molecular weight is 242 g/mol. The van der Waals surface area contributed by atoms with Gasteiger partial charge in [-0.15, -0.1) is 0 Å². The molecule has 0 heterocycles. The first kappa shape index (κ1) is 12.2. The quantitative estimate of drug-likeness (QED) is 0.387. The lowest BCUT2D eigenvalue weighted by Gasteiger charge is -2.07. The molecule has 2 aromatic carbocycles. The third-order valence-electron chi connectivity index (χ3n) is 2.48. The zero-order chi connectivity index (χ0) is 12.8. The van der Waals surface area contributed by atoms with Crippen LogP contribution >= 0.6 is 0 Å². The zero-order valence-corrected chi connectivity index (χ0v) is 10.3. The predicted octanol–water partition coefficient (Wildman–Crippen LogP) is 2.72. The molecule has 0 bridgehead atoms. The van der Waals surface area contributed by atoms with Crippen LogP contribution < -0.4 is 4.74 Å². The van der Waals surface area contributed by atoms with Gasteiger partial charge in [-0.3, -0.25) is 5.21 Å². The third-order valence-corrected chi connectivity index (χ3v) is 2.48. The highest BCUT2D eigenvalue weighted by Crippen LogP contribution is 2.17. The van der Waals surface area contributed by atoms with Gasteiger partial charge in [0.25, 0.3) is 0 Å². The van der Waals surface area contributed by atoms with Crippen LogP contribution in [0.25, 0.3) is 0 Å². The second-order valence-electron chi connectivity index (χ2n) is 4.01. The number of hydrogen-bond acceptors (Lipinski definition) is 2. The molecule has 0 unspecified atom stereocenters. The summed E-state index contributed by atoms with van der Waals surface area (Å²) in [6.07, 6.45) is 1.61. The van der Waals surface area contributed by atoms with Crippen LogP contribution in [0.5, 0.6) is 5.75 Å². The molecule has 3 nitrogen and oxygen atoms in total. The second kappa shape index (κ2) is 5.87. The minimum Gasteiger partial charge on any atom is -0.488 e. The zero-order valence-electron chi connectivity index (χ0n) is 10.3. The van der Waals surface area contributed by atoms with Crippen molar-refractivity contribution in [1.82, 2.24) is 0 Å². The Balaban J connectivity index is 2.12. The molecule has 3 heteroatoms. The number of hydrogen-bond donors (Lipinski definition) is 1. The Morgan fingerprint density at radius 2 is 1.72 bits per heavy atom. The van der Waals surface area contributed by atoms with Gasteiger partial charge < -0.3 is 4.74 Å². The molecular weight excluding hydrogens is 226 g/mol. The lowest BCUT2D eigenvalue weighted by atomic mass is 10.2. The normalized spacial score (nSPS) is 11.3. The van der Waals surface area contributed by atoms with Crippen molar-refractivity contribution < 1.29 is 14.7 Å². The fourth-order valence-electron chi connectivity index (χ4n) is 1.66. The lowest BCUT2D eigenvalue weighted by Crippen LogP contribution is -2.04. The van der Waals surface area contributed by atoms with Crippen LogP contribution in [-0.2, 0) is 6.61 Å². The third kappa shape index (κ3) is 3.35. The van der Waals surface area contributed by atoms with Gasteiger partial charge in [-0.25, -0.2) is 0 Å². The lowest BCUT2D eigenvalue weighted by molar-refractivity contribution is -0.751. The smallest absolute Gasteiger partial charge is 0.226 e. The first-order valence-electron chi connectivity index (χ1n) is 5.78. The van der Waals surface area contributed by atoms with Gasteiger partial charge in [-0.2, -0.15) is 0 Å². The highest BCUT2D eigenvalue weighted by atomic mass is 16.5. The Labute approximate surface area is 107 Å². The van der Waals surface area contributed by atoms with E-state index in [0.29, 0.717) is 6.61 Å². The predicted molar refractivity (Wildman–Crippen MR) is 70.4 cm³/mol. The monoisotopic (exact) mass is 242 g/mol. The summed E-state index contributed by atoms with van der Waals surface area (Å²) < 4.78 is 6.77. The van der Waals surface area contributed by atoms with Gasteiger partial charge in [0.2, 0.25) is 6.21 Å². The largest absolute Gasteiger partial charge is 0.488 e. The van der Waals surface area contributed by atoms with Gasteiger partial charge in [-0.05, 0) is 22.4 Å². The van der Waals surface area contributed by atoms with E-state index in [-0.39, 0.29) is 0 Å². The first-order chi connectivity index (χ1) is 8.75. The van der Waals surface area contributed by atoms with E-state index in [1.165, 1.54) is 0 Å². The van der Waals surface area contributed by atoms with Gasteiger partial charge in [0.15, 0.2) is 7.05 Å². The van der Waals surface area contributed by atoms with E-state index < -0.39 is 0 Å². The Bertz CT molecular complexity index is 531. The van der Waals surface area contributed by atoms with Gasteiger partial charge in [-0.1, -0.05) is 42.5 Å². The van der Waals surface area contributed by atoms with Crippen molar-refractivity contribution in [2.75, 3.05) is 7.05 Å². The van der Waals surface area contributed by atoms with Crippen molar-refractivity contribution in [1.29, 1.82) is 0 Å². The summed E-state index contributed by atoms with van der Waals surface area (Å²) in [5.74, 6) is 0.752. The molecule has 0 aliphatic carbocycles. The van der Waals surface area contributed by atoms with E-state index in [2.05, 4.69) is 0 Å². The van der Waals surface area contributed by atoms with Crippen LogP contribution in [0.3, 0.4) is 0 Å². The molecule has 18 heavy (non-hydrogen) atoms. The van der Waals surface area contributed by atoms with Crippen molar-refractivity contribution in [2.45, 2.75) is 6.61 Å². The Morgan fingerprint density at radius 1 is 1.06 bits per heavy atom. The molecule has 0 saturated carbocycles. The maximum Gasteiger partial charge on any atom is 0.226 e. The number of nitrogens with zero attached hydrogens (tertiary/aromatic N) is 1. The SMILES string of the molecule is C[N+](O)=Cc1ccccc1OCc1ccccc1. The Morgan fingerprint density at radius 3 is 2.44 bits per heavy atom. The van der Waals surface area contributed by atoms with Crippen molar-refractivity contribution >= 4 is 6.21 Å². The van der Waals surface area contributed by atoms with Crippen molar-refractivity contribution in [3.05, 3.63) is 65.7 Å². The minimum absolute atomic E-state index is 0.515. The van der Waals surface area contributed by atoms with Gasteiger partial charge >= 0.3 is 0 Å². The van der Waals surface area contributed by atoms with Gasteiger partial charge in [0, 0.05) is 0 Å². The maximum absolute atomic E-state index is 9.24. The molecule has 0 atom stereocenters. The summed E-state index contributed by atoms with van der Waals surface area (Å²) >= 11 is 0. The van der Waals surface area contributed by atoms with E-state index in [0.717, 1.165) is 21.6 Å². The molecule has 0 aliphatic heterocycles. The molecule has 1 N–H and O–H groups in total. The first-order valence-corrected chi connectivity index (χ1v) is 5.78. The molecule has 0 spiro atoms. The van der Waals surface area contributed by atoms with Gasteiger partial charge in [0.05, 0.1) is 5.56 Å². The molecule has 0 saturated heterocycles. The average Bonchev–Trinajstić information content (AvgIpc) is 2.38. The van der Waals surface area contributed by atoms with Crippen molar-refractivity contribution in [2.24, 2.45) is 0 Å². The standard InChI is InChI=1S/C15H16NO2/c1-16(17)11-14-9-5-6-10-15(14)18-12-13-7-3-2-4-8-13/h2-11,17H,12H2,1H3/q+1. The van der Waals surface area contributed by atoms with Crippen LogP contribution in [-0.4, -0.2) is 23.2 Å². The van der Waals surface area contributed by atoms with Crippen LogP contribution in [0, 0.1) is 0 Å². The summed E-state index contributed by atoms with van der Waals surface area (Å²) in [6, 6.07) is 17.6. The number of hydroxylamine groups is 1. The number of para-hydroxylation sites is 1. The number of rotatable bonds is 4. The molecule has 2 rings (SSSR count). The molecule has 0 amide bonds. The van der Waals surface area contributed by atoms with E-state index in [1.807, 2.05) is 54.6 Å². The molecule has 0 aliphatic rings. The summed E-state index contributed by atoms with van der Waals surface area (Å²) in [5.41, 5.74) is 1.96. The summed E-state index contributed by atoms with van der Waals surface area (Å²) in [5, 5.41) is 9.24. The number of benzene rings is 2. The molecule has 0 aromatic heterocycles. The molecule has 92 valence electrons. The van der Waals surface area contributed by atoms with E-state index in [9.17, 15) is 5.21 Å². The maximum atomic E-state index is 9.24. The fourth-order valence-corrected chi connectivity index (χ4v) is 1.66. The van der Waals surface area contributed by atoms with Gasteiger partial charge in [0.1, 0.15) is 12.4 Å². The molecular formula is C15H16NO2+. The fraction of sp³-hybridized carbons (Fsp3) is 0.133. The summed E-state index contributed by atoms with van der Waals surface area (Å²) in [7, 11) is 1.56. The summed E-state index contributed by atoms with van der Waals surface area (Å²) in [4.78, 5) is 0. The van der Waals surface area contributed by atoms with E-state index in [1.54, 1.807) is 13.3 Å².